The second kappa shape index (κ2) is 6.92. The van der Waals surface area contributed by atoms with Gasteiger partial charge < -0.3 is 15.2 Å². The van der Waals surface area contributed by atoms with Crippen LogP contribution >= 0.6 is 0 Å². The highest BCUT2D eigenvalue weighted by molar-refractivity contribution is 5.39. The lowest BCUT2D eigenvalue weighted by Crippen LogP contribution is -2.50. The van der Waals surface area contributed by atoms with Crippen LogP contribution in [0.15, 0.2) is 18.2 Å². The Balaban J connectivity index is 2.57. The molecule has 2 N–H and O–H groups in total. The summed E-state index contributed by atoms with van der Waals surface area (Å²) in [5.41, 5.74) is 2.02. The van der Waals surface area contributed by atoms with Gasteiger partial charge in [0, 0.05) is 18.0 Å². The molecular formula is C16H27NO2. The minimum absolute atomic E-state index is 0.112. The molecule has 0 aliphatic carbocycles. The van der Waals surface area contributed by atoms with Crippen LogP contribution in [0.2, 0.25) is 0 Å². The molecule has 1 atom stereocenters. The van der Waals surface area contributed by atoms with Crippen molar-refractivity contribution in [3.8, 4) is 5.75 Å². The number of rotatable bonds is 7. The molecule has 108 valence electrons. The molecular weight excluding hydrogens is 238 g/mol. The van der Waals surface area contributed by atoms with Gasteiger partial charge in [-0.1, -0.05) is 32.0 Å². The van der Waals surface area contributed by atoms with Crippen LogP contribution in [0, 0.1) is 13.8 Å². The number of ether oxygens (including phenoxy) is 1. The van der Waals surface area contributed by atoms with Crippen molar-refractivity contribution in [2.45, 2.75) is 52.6 Å². The van der Waals surface area contributed by atoms with Crippen LogP contribution in [-0.4, -0.2) is 29.9 Å². The molecule has 0 spiro atoms. The summed E-state index contributed by atoms with van der Waals surface area (Å²) in [6.07, 6.45) is 0.773. The van der Waals surface area contributed by atoms with Crippen molar-refractivity contribution in [2.75, 3.05) is 13.2 Å². The van der Waals surface area contributed by atoms with Crippen molar-refractivity contribution in [1.82, 2.24) is 5.32 Å². The molecule has 0 heterocycles. The van der Waals surface area contributed by atoms with Gasteiger partial charge in [0.05, 0.1) is 13.2 Å². The average molecular weight is 265 g/mol. The third-order valence-electron chi connectivity index (χ3n) is 3.30. The van der Waals surface area contributed by atoms with Crippen LogP contribution in [0.1, 0.15) is 38.3 Å². The second-order valence-corrected chi connectivity index (χ2v) is 5.84. The minimum Gasteiger partial charge on any atom is -0.493 e. The average Bonchev–Trinajstić information content (AvgIpc) is 2.32. The number of para-hydroxylation sites is 1. The molecule has 0 saturated carbocycles. The van der Waals surface area contributed by atoms with E-state index in [1.54, 1.807) is 0 Å². The highest BCUT2D eigenvalue weighted by Gasteiger charge is 2.23. The maximum absolute atomic E-state index is 9.52. The molecule has 0 aliphatic heterocycles. The van der Waals surface area contributed by atoms with E-state index in [0.717, 1.165) is 23.3 Å². The first-order chi connectivity index (χ1) is 8.88. The van der Waals surface area contributed by atoms with Crippen LogP contribution in [0.25, 0.3) is 0 Å². The first kappa shape index (κ1) is 16.0. The largest absolute Gasteiger partial charge is 0.493 e. The van der Waals surface area contributed by atoms with E-state index in [1.165, 1.54) is 0 Å². The minimum atomic E-state index is -0.287. The van der Waals surface area contributed by atoms with E-state index in [2.05, 4.69) is 45.1 Å². The summed E-state index contributed by atoms with van der Waals surface area (Å²) in [5, 5.41) is 12.9. The fraction of sp³-hybridized carbons (Fsp3) is 0.625. The number of hydrogen-bond acceptors (Lipinski definition) is 3. The van der Waals surface area contributed by atoms with E-state index >= 15 is 0 Å². The third-order valence-corrected chi connectivity index (χ3v) is 3.30. The standard InChI is InChI=1S/C16H27NO2/c1-12(2)17-16(5,11-18)9-10-19-15-13(3)7-6-8-14(15)4/h6-8,12,17-18H,9-11H2,1-5H3. The second-order valence-electron chi connectivity index (χ2n) is 5.84. The molecule has 3 nitrogen and oxygen atoms in total. The molecule has 19 heavy (non-hydrogen) atoms. The quantitative estimate of drug-likeness (QED) is 0.796. The zero-order valence-electron chi connectivity index (χ0n) is 12.8. The van der Waals surface area contributed by atoms with Crippen molar-refractivity contribution in [1.29, 1.82) is 0 Å². The summed E-state index contributed by atoms with van der Waals surface area (Å²) in [4.78, 5) is 0. The normalized spacial score (nSPS) is 14.5. The summed E-state index contributed by atoms with van der Waals surface area (Å²) in [5.74, 6) is 0.965. The molecule has 0 amide bonds. The Kier molecular flexibility index (Phi) is 5.83. The van der Waals surface area contributed by atoms with Crippen molar-refractivity contribution in [3.05, 3.63) is 29.3 Å². The van der Waals surface area contributed by atoms with Gasteiger partial charge in [-0.25, -0.2) is 0 Å². The predicted molar refractivity (Wildman–Crippen MR) is 79.8 cm³/mol. The highest BCUT2D eigenvalue weighted by atomic mass is 16.5. The number of nitrogens with one attached hydrogen (secondary N) is 1. The van der Waals surface area contributed by atoms with Gasteiger partial charge in [-0.3, -0.25) is 0 Å². The van der Waals surface area contributed by atoms with Gasteiger partial charge in [0.25, 0.3) is 0 Å². The van der Waals surface area contributed by atoms with Gasteiger partial charge in [0.1, 0.15) is 5.75 Å². The number of benzene rings is 1. The zero-order chi connectivity index (χ0) is 14.5. The van der Waals surface area contributed by atoms with E-state index in [9.17, 15) is 5.11 Å². The number of hydrogen-bond donors (Lipinski definition) is 2. The topological polar surface area (TPSA) is 41.5 Å². The lowest BCUT2D eigenvalue weighted by molar-refractivity contribution is 0.136. The fourth-order valence-electron chi connectivity index (χ4n) is 2.30. The maximum atomic E-state index is 9.52. The van der Waals surface area contributed by atoms with E-state index < -0.39 is 0 Å². The summed E-state index contributed by atoms with van der Waals surface area (Å²) in [6, 6.07) is 6.49. The van der Waals surface area contributed by atoms with Crippen LogP contribution in [0.3, 0.4) is 0 Å². The van der Waals surface area contributed by atoms with E-state index in [1.807, 2.05) is 13.0 Å². The Morgan fingerprint density at radius 1 is 1.26 bits per heavy atom. The van der Waals surface area contributed by atoms with Crippen LogP contribution in [0.5, 0.6) is 5.75 Å². The van der Waals surface area contributed by atoms with Crippen molar-refractivity contribution < 1.29 is 9.84 Å². The smallest absolute Gasteiger partial charge is 0.125 e. The van der Waals surface area contributed by atoms with Crippen molar-refractivity contribution in [2.24, 2.45) is 0 Å². The summed E-state index contributed by atoms with van der Waals surface area (Å²) in [7, 11) is 0. The molecule has 1 aromatic rings. The van der Waals surface area contributed by atoms with E-state index in [0.29, 0.717) is 12.6 Å². The molecule has 0 fully saturated rings. The molecule has 0 aliphatic rings. The van der Waals surface area contributed by atoms with Crippen LogP contribution in [0.4, 0.5) is 0 Å². The molecule has 0 radical (unpaired) electrons. The molecule has 3 heteroatoms. The maximum Gasteiger partial charge on any atom is 0.125 e. The number of aliphatic hydroxyl groups is 1. The van der Waals surface area contributed by atoms with Gasteiger partial charge in [-0.05, 0) is 31.9 Å². The van der Waals surface area contributed by atoms with Gasteiger partial charge in [-0.2, -0.15) is 0 Å². The zero-order valence-corrected chi connectivity index (χ0v) is 12.8. The SMILES string of the molecule is Cc1cccc(C)c1OCCC(C)(CO)NC(C)C. The Morgan fingerprint density at radius 3 is 2.32 bits per heavy atom. The number of aliphatic hydroxyl groups excluding tert-OH is 1. The van der Waals surface area contributed by atoms with Crippen molar-refractivity contribution in [3.63, 3.8) is 0 Å². The Hall–Kier alpha value is -1.06. The van der Waals surface area contributed by atoms with Crippen LogP contribution in [-0.2, 0) is 0 Å². The first-order valence-corrected chi connectivity index (χ1v) is 6.95. The first-order valence-electron chi connectivity index (χ1n) is 6.95. The van der Waals surface area contributed by atoms with Gasteiger partial charge in [0.15, 0.2) is 0 Å². The molecule has 1 unspecified atom stereocenters. The molecule has 0 aromatic heterocycles. The van der Waals surface area contributed by atoms with Crippen molar-refractivity contribution >= 4 is 0 Å². The lowest BCUT2D eigenvalue weighted by Gasteiger charge is -2.31. The molecule has 1 aromatic carbocycles. The predicted octanol–water partition coefficient (Wildman–Crippen LogP) is 2.82. The van der Waals surface area contributed by atoms with Crippen LogP contribution < -0.4 is 10.1 Å². The van der Waals surface area contributed by atoms with Gasteiger partial charge in [0.2, 0.25) is 0 Å². The Bertz CT molecular complexity index is 383. The molecule has 0 bridgehead atoms. The van der Waals surface area contributed by atoms with E-state index in [-0.39, 0.29) is 12.1 Å². The summed E-state index contributed by atoms with van der Waals surface area (Å²) < 4.78 is 5.90. The lowest BCUT2D eigenvalue weighted by atomic mass is 9.98. The summed E-state index contributed by atoms with van der Waals surface area (Å²) in [6.45, 7) is 11.0. The monoisotopic (exact) mass is 265 g/mol. The fourth-order valence-corrected chi connectivity index (χ4v) is 2.30. The highest BCUT2D eigenvalue weighted by Crippen LogP contribution is 2.23. The summed E-state index contributed by atoms with van der Waals surface area (Å²) >= 11 is 0. The van der Waals surface area contributed by atoms with E-state index in [4.69, 9.17) is 4.74 Å². The van der Waals surface area contributed by atoms with Gasteiger partial charge in [-0.15, -0.1) is 0 Å². The Labute approximate surface area is 117 Å². The number of aryl methyl sites for hydroxylation is 2. The molecule has 0 saturated heterocycles. The molecule has 1 rings (SSSR count). The third kappa shape index (κ3) is 4.84. The Morgan fingerprint density at radius 2 is 1.84 bits per heavy atom. The van der Waals surface area contributed by atoms with Gasteiger partial charge >= 0.3 is 0 Å².